The van der Waals surface area contributed by atoms with E-state index in [0.717, 1.165) is 48.7 Å². The predicted octanol–water partition coefficient (Wildman–Crippen LogP) is 4.32. The Hall–Kier alpha value is -2.45. The van der Waals surface area contributed by atoms with Gasteiger partial charge in [0.15, 0.2) is 10.8 Å². The van der Waals surface area contributed by atoms with E-state index in [1.54, 1.807) is 0 Å². The van der Waals surface area contributed by atoms with Crippen LogP contribution in [0.4, 0.5) is 11.1 Å². The number of hydrogen-bond acceptors (Lipinski definition) is 7. The predicted molar refractivity (Wildman–Crippen MR) is 106 cm³/mol. The van der Waals surface area contributed by atoms with Gasteiger partial charge in [-0.3, -0.25) is 10.1 Å². The van der Waals surface area contributed by atoms with Crippen molar-refractivity contribution in [3.05, 3.63) is 39.9 Å². The number of nitrogens with zero attached hydrogens (tertiary/aromatic N) is 4. The largest absolute Gasteiger partial charge is 0.466 e. The highest BCUT2D eigenvalue weighted by Crippen LogP contribution is 2.30. The van der Waals surface area contributed by atoms with Gasteiger partial charge in [0.25, 0.3) is 5.91 Å². The van der Waals surface area contributed by atoms with E-state index in [1.807, 2.05) is 25.3 Å². The summed E-state index contributed by atoms with van der Waals surface area (Å²) in [5.74, 6) is 1.75. The first-order chi connectivity index (χ1) is 13.0. The van der Waals surface area contributed by atoms with E-state index in [1.165, 1.54) is 17.5 Å². The maximum Gasteiger partial charge on any atom is 0.277 e. The Morgan fingerprint density at radius 1 is 1.30 bits per heavy atom. The lowest BCUT2D eigenvalue weighted by Crippen LogP contribution is -2.23. The molecule has 4 rings (SSSR count). The first-order valence-electron chi connectivity index (χ1n) is 8.63. The number of carbonyl (C=O) groups is 1. The average Bonchev–Trinajstić information content (AvgIpc) is 3.37. The second kappa shape index (κ2) is 7.28. The highest BCUT2D eigenvalue weighted by Gasteiger charge is 2.21. The molecule has 4 heterocycles. The first kappa shape index (κ1) is 17.9. The van der Waals surface area contributed by atoms with Gasteiger partial charge in [-0.25, -0.2) is 15.0 Å². The quantitative estimate of drug-likeness (QED) is 0.698. The third-order valence-corrected chi connectivity index (χ3v) is 5.41. The molecule has 1 amide bonds. The number of hydrogen-bond donors (Lipinski definition) is 1. The minimum Gasteiger partial charge on any atom is -0.466 e. The number of rotatable bonds is 4. The summed E-state index contributed by atoms with van der Waals surface area (Å²) < 4.78 is 5.54. The molecule has 1 aliphatic rings. The van der Waals surface area contributed by atoms with Crippen LogP contribution in [0.1, 0.15) is 34.9 Å². The summed E-state index contributed by atoms with van der Waals surface area (Å²) in [5, 5.41) is 5.35. The number of nitrogens with one attached hydrogen (secondary N) is 1. The fraction of sp³-hybridized carbons (Fsp3) is 0.333. The Balaban J connectivity index is 1.54. The van der Waals surface area contributed by atoms with Gasteiger partial charge in [0.05, 0.1) is 16.9 Å². The van der Waals surface area contributed by atoms with Crippen LogP contribution in [0.5, 0.6) is 0 Å². The summed E-state index contributed by atoms with van der Waals surface area (Å²) in [7, 11) is 0. The molecule has 140 valence electrons. The third kappa shape index (κ3) is 3.68. The van der Waals surface area contributed by atoms with Crippen molar-refractivity contribution < 1.29 is 9.21 Å². The molecular formula is C18H18ClN5O2S. The van der Waals surface area contributed by atoms with E-state index in [2.05, 4.69) is 25.2 Å². The van der Waals surface area contributed by atoms with Gasteiger partial charge in [0.1, 0.15) is 11.5 Å². The zero-order valence-electron chi connectivity index (χ0n) is 15.0. The van der Waals surface area contributed by atoms with Gasteiger partial charge in [0, 0.05) is 24.0 Å². The van der Waals surface area contributed by atoms with Crippen molar-refractivity contribution >= 4 is 39.9 Å². The molecule has 1 N–H and O–H groups in total. The lowest BCUT2D eigenvalue weighted by molar-refractivity contribution is 0.102. The van der Waals surface area contributed by atoms with Crippen LogP contribution < -0.4 is 10.2 Å². The van der Waals surface area contributed by atoms with Gasteiger partial charge in [-0.05, 0) is 32.8 Å². The Kier molecular flexibility index (Phi) is 4.84. The summed E-state index contributed by atoms with van der Waals surface area (Å²) in [6.07, 6.45) is 3.67. The van der Waals surface area contributed by atoms with Gasteiger partial charge in [-0.1, -0.05) is 11.6 Å². The molecule has 1 fully saturated rings. The van der Waals surface area contributed by atoms with Crippen molar-refractivity contribution in [2.24, 2.45) is 0 Å². The SMILES string of the molecule is Cc1cc(-c2csc(NC(=O)c3nc(N4CCCC4)ncc3Cl)n2)c(C)o1. The van der Waals surface area contributed by atoms with Gasteiger partial charge in [-0.2, -0.15) is 0 Å². The molecule has 0 saturated carbocycles. The molecule has 0 radical (unpaired) electrons. The number of anilines is 2. The van der Waals surface area contributed by atoms with Crippen LogP contribution >= 0.6 is 22.9 Å². The van der Waals surface area contributed by atoms with Crippen LogP contribution in [0, 0.1) is 13.8 Å². The summed E-state index contributed by atoms with van der Waals surface area (Å²) in [4.78, 5) is 27.8. The topological polar surface area (TPSA) is 84.2 Å². The molecule has 0 unspecified atom stereocenters. The molecule has 0 aromatic carbocycles. The van der Waals surface area contributed by atoms with E-state index < -0.39 is 5.91 Å². The van der Waals surface area contributed by atoms with Crippen LogP contribution in [0.15, 0.2) is 22.1 Å². The summed E-state index contributed by atoms with van der Waals surface area (Å²) in [6.45, 7) is 5.56. The van der Waals surface area contributed by atoms with E-state index in [-0.39, 0.29) is 10.7 Å². The van der Waals surface area contributed by atoms with Crippen LogP contribution in [-0.4, -0.2) is 33.9 Å². The van der Waals surface area contributed by atoms with Crippen LogP contribution in [0.25, 0.3) is 11.3 Å². The Labute approximate surface area is 165 Å². The highest BCUT2D eigenvalue weighted by atomic mass is 35.5. The molecule has 0 atom stereocenters. The van der Waals surface area contributed by atoms with E-state index >= 15 is 0 Å². The summed E-state index contributed by atoms with van der Waals surface area (Å²) in [6, 6.07) is 1.93. The standard InChI is InChI=1S/C18H18ClN5O2S/c1-10-7-12(11(2)26-10)14-9-27-18(21-14)23-16(25)15-13(19)8-20-17(22-15)24-5-3-4-6-24/h7-9H,3-6H2,1-2H3,(H,21,23,25). The number of thiazole rings is 1. The fourth-order valence-electron chi connectivity index (χ4n) is 3.08. The van der Waals surface area contributed by atoms with Crippen LogP contribution in [-0.2, 0) is 0 Å². The number of furan rings is 1. The van der Waals surface area contributed by atoms with Crippen LogP contribution in [0.2, 0.25) is 5.02 Å². The molecule has 1 aliphatic heterocycles. The molecule has 0 spiro atoms. The summed E-state index contributed by atoms with van der Waals surface area (Å²) in [5.41, 5.74) is 1.83. The highest BCUT2D eigenvalue weighted by molar-refractivity contribution is 7.14. The van der Waals surface area contributed by atoms with Gasteiger partial charge < -0.3 is 9.32 Å². The molecule has 3 aromatic rings. The average molecular weight is 404 g/mol. The number of halogens is 1. The van der Waals surface area contributed by atoms with Crippen molar-refractivity contribution in [1.82, 2.24) is 15.0 Å². The maximum atomic E-state index is 12.7. The Morgan fingerprint density at radius 3 is 2.78 bits per heavy atom. The number of aryl methyl sites for hydroxylation is 2. The zero-order chi connectivity index (χ0) is 19.0. The molecule has 3 aromatic heterocycles. The van der Waals surface area contributed by atoms with Crippen molar-refractivity contribution in [1.29, 1.82) is 0 Å². The number of carbonyl (C=O) groups excluding carboxylic acids is 1. The lowest BCUT2D eigenvalue weighted by Gasteiger charge is -2.15. The third-order valence-electron chi connectivity index (χ3n) is 4.38. The van der Waals surface area contributed by atoms with Crippen molar-refractivity contribution in [3.8, 4) is 11.3 Å². The van der Waals surface area contributed by atoms with Crippen molar-refractivity contribution in [3.63, 3.8) is 0 Å². The van der Waals surface area contributed by atoms with Gasteiger partial charge in [-0.15, -0.1) is 11.3 Å². The molecule has 0 bridgehead atoms. The van der Waals surface area contributed by atoms with E-state index in [9.17, 15) is 4.79 Å². The maximum absolute atomic E-state index is 12.7. The number of amides is 1. The monoisotopic (exact) mass is 403 g/mol. The molecule has 27 heavy (non-hydrogen) atoms. The Morgan fingerprint density at radius 2 is 2.07 bits per heavy atom. The normalized spacial score (nSPS) is 14.0. The van der Waals surface area contributed by atoms with E-state index in [4.69, 9.17) is 16.0 Å². The van der Waals surface area contributed by atoms with Crippen molar-refractivity contribution in [2.75, 3.05) is 23.3 Å². The molecule has 0 aliphatic carbocycles. The molecular weight excluding hydrogens is 386 g/mol. The van der Waals surface area contributed by atoms with Gasteiger partial charge in [0.2, 0.25) is 5.95 Å². The molecule has 7 nitrogen and oxygen atoms in total. The second-order valence-corrected chi connectivity index (χ2v) is 7.64. The minimum absolute atomic E-state index is 0.153. The zero-order valence-corrected chi connectivity index (χ0v) is 16.5. The Bertz CT molecular complexity index is 994. The fourth-order valence-corrected chi connectivity index (χ4v) is 3.97. The molecule has 1 saturated heterocycles. The van der Waals surface area contributed by atoms with Gasteiger partial charge >= 0.3 is 0 Å². The minimum atomic E-state index is -0.399. The van der Waals surface area contributed by atoms with Crippen LogP contribution in [0.3, 0.4) is 0 Å². The van der Waals surface area contributed by atoms with E-state index in [0.29, 0.717) is 11.1 Å². The second-order valence-electron chi connectivity index (χ2n) is 6.38. The number of aromatic nitrogens is 3. The lowest BCUT2D eigenvalue weighted by atomic mass is 10.2. The molecule has 9 heteroatoms. The van der Waals surface area contributed by atoms with Crippen molar-refractivity contribution in [2.45, 2.75) is 26.7 Å². The smallest absolute Gasteiger partial charge is 0.277 e. The first-order valence-corrected chi connectivity index (χ1v) is 9.89. The summed E-state index contributed by atoms with van der Waals surface area (Å²) >= 11 is 7.49.